The normalized spacial score (nSPS) is 27.0. The van der Waals surface area contributed by atoms with E-state index in [0.717, 1.165) is 18.3 Å². The van der Waals surface area contributed by atoms with Crippen LogP contribution in [0.1, 0.15) is 78.1 Å². The van der Waals surface area contributed by atoms with Crippen molar-refractivity contribution < 1.29 is 5.11 Å². The quantitative estimate of drug-likeness (QED) is 0.605. The van der Waals surface area contributed by atoms with Gasteiger partial charge in [-0.15, -0.1) is 0 Å². The molecular formula is C16H32O. The highest BCUT2D eigenvalue weighted by molar-refractivity contribution is 4.74. The third-order valence-corrected chi connectivity index (χ3v) is 4.68. The fourth-order valence-electron chi connectivity index (χ4n) is 3.28. The van der Waals surface area contributed by atoms with E-state index in [1.165, 1.54) is 57.8 Å². The first-order valence-corrected chi connectivity index (χ1v) is 7.90. The lowest BCUT2D eigenvalue weighted by atomic mass is 9.76. The predicted molar refractivity (Wildman–Crippen MR) is 75.1 cm³/mol. The topological polar surface area (TPSA) is 20.2 Å². The number of hydrogen-bond acceptors (Lipinski definition) is 1. The van der Waals surface area contributed by atoms with E-state index in [1.807, 2.05) is 0 Å². The van der Waals surface area contributed by atoms with Crippen LogP contribution in [0.4, 0.5) is 0 Å². The molecule has 0 radical (unpaired) electrons. The highest BCUT2D eigenvalue weighted by atomic mass is 16.3. The summed E-state index contributed by atoms with van der Waals surface area (Å²) in [5, 5.41) is 9.25. The first kappa shape index (κ1) is 15.0. The predicted octanol–water partition coefficient (Wildman–Crippen LogP) is 4.78. The van der Waals surface area contributed by atoms with Gasteiger partial charge in [0, 0.05) is 6.61 Å². The van der Waals surface area contributed by atoms with Crippen LogP contribution in [0.15, 0.2) is 0 Å². The van der Waals surface area contributed by atoms with Crippen LogP contribution in [-0.2, 0) is 0 Å². The fourth-order valence-corrected chi connectivity index (χ4v) is 3.28. The van der Waals surface area contributed by atoms with Gasteiger partial charge in [0.25, 0.3) is 0 Å². The summed E-state index contributed by atoms with van der Waals surface area (Å²) in [6.45, 7) is 4.89. The molecule has 0 heterocycles. The molecule has 0 aromatic carbocycles. The van der Waals surface area contributed by atoms with E-state index in [4.69, 9.17) is 0 Å². The van der Waals surface area contributed by atoms with Crippen LogP contribution in [0, 0.1) is 17.8 Å². The average molecular weight is 240 g/mol. The Bertz CT molecular complexity index is 166. The number of aliphatic hydroxyl groups is 1. The van der Waals surface area contributed by atoms with Gasteiger partial charge in [-0.25, -0.2) is 0 Å². The molecule has 17 heavy (non-hydrogen) atoms. The van der Waals surface area contributed by atoms with Crippen molar-refractivity contribution in [3.05, 3.63) is 0 Å². The van der Waals surface area contributed by atoms with Crippen molar-refractivity contribution in [2.45, 2.75) is 78.1 Å². The van der Waals surface area contributed by atoms with E-state index in [2.05, 4.69) is 13.8 Å². The largest absolute Gasteiger partial charge is 0.396 e. The Kier molecular flexibility index (Phi) is 7.92. The van der Waals surface area contributed by atoms with Crippen LogP contribution in [0.5, 0.6) is 0 Å². The van der Waals surface area contributed by atoms with E-state index >= 15 is 0 Å². The molecule has 0 aliphatic heterocycles. The maximum Gasteiger partial charge on any atom is 0.0459 e. The van der Waals surface area contributed by atoms with E-state index in [1.54, 1.807) is 0 Å². The van der Waals surface area contributed by atoms with Crippen molar-refractivity contribution >= 4 is 0 Å². The molecule has 0 aromatic rings. The first-order chi connectivity index (χ1) is 8.30. The highest BCUT2D eigenvalue weighted by Crippen LogP contribution is 2.35. The molecule has 0 aromatic heterocycles. The molecule has 1 heteroatoms. The van der Waals surface area contributed by atoms with Gasteiger partial charge in [0.1, 0.15) is 0 Å². The summed E-state index contributed by atoms with van der Waals surface area (Å²) >= 11 is 0. The second kappa shape index (κ2) is 8.97. The van der Waals surface area contributed by atoms with Gasteiger partial charge in [0.15, 0.2) is 0 Å². The molecule has 1 atom stereocenters. The molecule has 0 bridgehead atoms. The molecule has 102 valence electrons. The van der Waals surface area contributed by atoms with E-state index < -0.39 is 0 Å². The van der Waals surface area contributed by atoms with E-state index in [9.17, 15) is 5.11 Å². The van der Waals surface area contributed by atoms with Gasteiger partial charge in [-0.1, -0.05) is 71.6 Å². The SMILES string of the molecule is CCCCCC1CCC(CC(CC)CO)CC1. The summed E-state index contributed by atoms with van der Waals surface area (Å²) in [5.74, 6) is 2.50. The Morgan fingerprint density at radius 1 is 1.00 bits per heavy atom. The molecular weight excluding hydrogens is 208 g/mol. The van der Waals surface area contributed by atoms with Crippen molar-refractivity contribution in [2.24, 2.45) is 17.8 Å². The van der Waals surface area contributed by atoms with Gasteiger partial charge in [-0.2, -0.15) is 0 Å². The zero-order chi connectivity index (χ0) is 12.5. The zero-order valence-electron chi connectivity index (χ0n) is 12.0. The second-order valence-corrected chi connectivity index (χ2v) is 6.08. The van der Waals surface area contributed by atoms with E-state index in [0.29, 0.717) is 12.5 Å². The van der Waals surface area contributed by atoms with Crippen molar-refractivity contribution in [3.63, 3.8) is 0 Å². The molecule has 0 saturated heterocycles. The third-order valence-electron chi connectivity index (χ3n) is 4.68. The van der Waals surface area contributed by atoms with Crippen molar-refractivity contribution in [3.8, 4) is 0 Å². The van der Waals surface area contributed by atoms with Crippen LogP contribution < -0.4 is 0 Å². The number of rotatable bonds is 8. The van der Waals surface area contributed by atoms with Gasteiger partial charge in [0.2, 0.25) is 0 Å². The third kappa shape index (κ3) is 5.90. The lowest BCUT2D eigenvalue weighted by Gasteiger charge is -2.30. The van der Waals surface area contributed by atoms with Crippen LogP contribution in [0.25, 0.3) is 0 Å². The van der Waals surface area contributed by atoms with Gasteiger partial charge in [-0.05, 0) is 24.2 Å². The summed E-state index contributed by atoms with van der Waals surface area (Å²) in [6, 6.07) is 0. The van der Waals surface area contributed by atoms with Crippen LogP contribution in [0.2, 0.25) is 0 Å². The van der Waals surface area contributed by atoms with Gasteiger partial charge < -0.3 is 5.11 Å². The lowest BCUT2D eigenvalue weighted by Crippen LogP contribution is -2.18. The highest BCUT2D eigenvalue weighted by Gasteiger charge is 2.22. The summed E-state index contributed by atoms with van der Waals surface area (Å²) in [5.41, 5.74) is 0. The Hall–Kier alpha value is -0.0400. The van der Waals surface area contributed by atoms with Crippen molar-refractivity contribution in [1.82, 2.24) is 0 Å². The molecule has 1 rings (SSSR count). The number of hydrogen-bond donors (Lipinski definition) is 1. The van der Waals surface area contributed by atoms with Crippen molar-refractivity contribution in [2.75, 3.05) is 6.61 Å². The van der Waals surface area contributed by atoms with Crippen LogP contribution >= 0.6 is 0 Å². The molecule has 1 N–H and O–H groups in total. The monoisotopic (exact) mass is 240 g/mol. The molecule has 1 nitrogen and oxygen atoms in total. The minimum atomic E-state index is 0.396. The molecule has 1 fully saturated rings. The molecule has 1 aliphatic carbocycles. The molecule has 0 amide bonds. The smallest absolute Gasteiger partial charge is 0.0459 e. The zero-order valence-corrected chi connectivity index (χ0v) is 12.0. The standard InChI is InChI=1S/C16H32O/c1-3-5-6-7-15-8-10-16(11-9-15)12-14(4-2)13-17/h14-17H,3-13H2,1-2H3. The maximum atomic E-state index is 9.25. The summed E-state index contributed by atoms with van der Waals surface area (Å²) < 4.78 is 0. The van der Waals surface area contributed by atoms with Gasteiger partial charge in [-0.3, -0.25) is 0 Å². The Balaban J connectivity index is 2.12. The molecule has 0 spiro atoms. The first-order valence-electron chi connectivity index (χ1n) is 7.90. The number of aliphatic hydroxyl groups excluding tert-OH is 1. The Morgan fingerprint density at radius 2 is 1.65 bits per heavy atom. The summed E-state index contributed by atoms with van der Waals surface area (Å²) in [4.78, 5) is 0. The van der Waals surface area contributed by atoms with Crippen molar-refractivity contribution in [1.29, 1.82) is 0 Å². The number of unbranched alkanes of at least 4 members (excludes halogenated alkanes) is 2. The molecule has 1 saturated carbocycles. The van der Waals surface area contributed by atoms with E-state index in [-0.39, 0.29) is 0 Å². The van der Waals surface area contributed by atoms with Crippen LogP contribution in [0.3, 0.4) is 0 Å². The summed E-state index contributed by atoms with van der Waals surface area (Å²) in [6.07, 6.45) is 13.9. The fraction of sp³-hybridized carbons (Fsp3) is 1.00. The molecule has 1 unspecified atom stereocenters. The summed E-state index contributed by atoms with van der Waals surface area (Å²) in [7, 11) is 0. The van der Waals surface area contributed by atoms with Crippen LogP contribution in [-0.4, -0.2) is 11.7 Å². The minimum absolute atomic E-state index is 0.396. The average Bonchev–Trinajstić information content (AvgIpc) is 2.38. The Labute approximate surface area is 108 Å². The Morgan fingerprint density at radius 3 is 2.18 bits per heavy atom. The van der Waals surface area contributed by atoms with Gasteiger partial charge >= 0.3 is 0 Å². The van der Waals surface area contributed by atoms with Gasteiger partial charge in [0.05, 0.1) is 0 Å². The maximum absolute atomic E-state index is 9.25. The second-order valence-electron chi connectivity index (χ2n) is 6.08. The molecule has 1 aliphatic rings. The minimum Gasteiger partial charge on any atom is -0.396 e. The lowest BCUT2D eigenvalue weighted by molar-refractivity contribution is 0.167.